The van der Waals surface area contributed by atoms with E-state index in [9.17, 15) is 0 Å². The van der Waals surface area contributed by atoms with E-state index >= 15 is 0 Å². The van der Waals surface area contributed by atoms with Crippen LogP contribution in [0, 0.1) is 0 Å². The molecule has 0 aromatic carbocycles. The van der Waals surface area contributed by atoms with Crippen molar-refractivity contribution in [2.45, 2.75) is 6.92 Å². The lowest BCUT2D eigenvalue weighted by Gasteiger charge is -2.34. The Morgan fingerprint density at radius 2 is 1.91 bits per heavy atom. The Morgan fingerprint density at radius 3 is 2.18 bits per heavy atom. The van der Waals surface area contributed by atoms with Crippen LogP contribution in [0.4, 0.5) is 0 Å². The molecule has 0 radical (unpaired) electrons. The van der Waals surface area contributed by atoms with Crippen LogP contribution in [0.3, 0.4) is 0 Å². The highest BCUT2D eigenvalue weighted by atomic mass is 16.3. The number of rotatable bonds is 5. The third kappa shape index (κ3) is 4.35. The van der Waals surface area contributed by atoms with E-state index in [2.05, 4.69) is 33.0 Å². The van der Waals surface area contributed by atoms with Gasteiger partial charge in [0.2, 0.25) is 0 Å². The van der Waals surface area contributed by atoms with Gasteiger partial charge in [0.25, 0.3) is 0 Å². The molecule has 11 heavy (non-hydrogen) atoms. The highest BCUT2D eigenvalue weighted by Crippen LogP contribution is 2.00. The third-order valence-electron chi connectivity index (χ3n) is 2.03. The number of aliphatic hydroxyl groups is 1. The molecule has 0 aliphatic carbocycles. The van der Waals surface area contributed by atoms with Crippen molar-refractivity contribution < 1.29 is 9.59 Å². The fraction of sp³-hybridized carbons (Fsp3) is 1.00. The minimum Gasteiger partial charge on any atom is -0.391 e. The van der Waals surface area contributed by atoms with Crippen molar-refractivity contribution in [1.82, 2.24) is 4.90 Å². The van der Waals surface area contributed by atoms with E-state index in [4.69, 9.17) is 5.11 Å². The molecule has 0 saturated carbocycles. The maximum Gasteiger partial charge on any atom is 0.134 e. The van der Waals surface area contributed by atoms with E-state index in [0.29, 0.717) is 0 Å². The number of aliphatic hydroxyl groups excluding tert-OH is 1. The summed E-state index contributed by atoms with van der Waals surface area (Å²) in [6.45, 7) is 5.34. The summed E-state index contributed by atoms with van der Waals surface area (Å²) in [5.41, 5.74) is 0. The van der Waals surface area contributed by atoms with Gasteiger partial charge in [-0.25, -0.2) is 0 Å². The summed E-state index contributed by atoms with van der Waals surface area (Å²) in [7, 11) is 6.28. The average molecular weight is 161 g/mol. The van der Waals surface area contributed by atoms with Gasteiger partial charge in [-0.05, 0) is 21.0 Å². The number of quaternary nitrogens is 1. The molecule has 0 spiro atoms. The molecule has 0 saturated heterocycles. The van der Waals surface area contributed by atoms with Crippen LogP contribution in [0.15, 0.2) is 0 Å². The van der Waals surface area contributed by atoms with Crippen molar-refractivity contribution in [2.75, 3.05) is 47.5 Å². The van der Waals surface area contributed by atoms with Gasteiger partial charge >= 0.3 is 0 Å². The highest BCUT2D eigenvalue weighted by Gasteiger charge is 2.18. The van der Waals surface area contributed by atoms with E-state index < -0.39 is 0 Å². The number of likely N-dealkylation sites (N-methyl/N-ethyl adjacent to an activating group) is 1. The quantitative estimate of drug-likeness (QED) is 0.452. The SMILES string of the molecule is CC[N+](C)(CCO)CN(C)C. The molecule has 1 N–H and O–H groups in total. The van der Waals surface area contributed by atoms with Crippen LogP contribution < -0.4 is 0 Å². The maximum atomic E-state index is 8.81. The molecular weight excluding hydrogens is 140 g/mol. The van der Waals surface area contributed by atoms with Crippen molar-refractivity contribution >= 4 is 0 Å². The summed E-state index contributed by atoms with van der Waals surface area (Å²) >= 11 is 0. The van der Waals surface area contributed by atoms with Crippen molar-refractivity contribution in [3.63, 3.8) is 0 Å². The molecule has 0 fully saturated rings. The van der Waals surface area contributed by atoms with E-state index in [1.54, 1.807) is 0 Å². The lowest BCUT2D eigenvalue weighted by Crippen LogP contribution is -2.51. The Balaban J connectivity index is 3.87. The van der Waals surface area contributed by atoms with Crippen molar-refractivity contribution in [2.24, 2.45) is 0 Å². The van der Waals surface area contributed by atoms with Crippen LogP contribution in [0.1, 0.15) is 6.92 Å². The lowest BCUT2D eigenvalue weighted by molar-refractivity contribution is -0.917. The first-order chi connectivity index (χ1) is 5.04. The minimum absolute atomic E-state index is 0.276. The second-order valence-corrected chi connectivity index (χ2v) is 3.60. The van der Waals surface area contributed by atoms with Gasteiger partial charge in [-0.1, -0.05) is 0 Å². The van der Waals surface area contributed by atoms with E-state index in [-0.39, 0.29) is 6.61 Å². The van der Waals surface area contributed by atoms with Gasteiger partial charge in [0.05, 0.1) is 20.2 Å². The van der Waals surface area contributed by atoms with E-state index in [0.717, 1.165) is 24.2 Å². The molecular formula is C8H21N2O+. The second kappa shape index (κ2) is 4.70. The molecule has 68 valence electrons. The molecule has 0 amide bonds. The van der Waals surface area contributed by atoms with Crippen molar-refractivity contribution in [1.29, 1.82) is 0 Å². The normalized spacial score (nSPS) is 16.9. The number of nitrogens with zero attached hydrogens (tertiary/aromatic N) is 2. The summed E-state index contributed by atoms with van der Waals surface area (Å²) < 4.78 is 0.920. The zero-order valence-electron chi connectivity index (χ0n) is 8.17. The van der Waals surface area contributed by atoms with Crippen LogP contribution in [-0.2, 0) is 0 Å². The first-order valence-corrected chi connectivity index (χ1v) is 4.13. The standard InChI is InChI=1S/C8H21N2O/c1-5-10(4,6-7-11)8-9(2)3/h11H,5-8H2,1-4H3/q+1. The molecule has 3 nitrogen and oxygen atoms in total. The van der Waals surface area contributed by atoms with Crippen molar-refractivity contribution in [3.8, 4) is 0 Å². The molecule has 0 bridgehead atoms. The topological polar surface area (TPSA) is 23.5 Å². The third-order valence-corrected chi connectivity index (χ3v) is 2.03. The summed E-state index contributed by atoms with van der Waals surface area (Å²) in [6, 6.07) is 0. The zero-order valence-corrected chi connectivity index (χ0v) is 8.17. The molecule has 0 heterocycles. The molecule has 0 aliphatic rings. The predicted octanol–water partition coefficient (Wildman–Crippen LogP) is -0.0357. The fourth-order valence-corrected chi connectivity index (χ4v) is 1.25. The predicted molar refractivity (Wildman–Crippen MR) is 47.2 cm³/mol. The van der Waals surface area contributed by atoms with Crippen LogP contribution in [0.2, 0.25) is 0 Å². The Bertz CT molecular complexity index is 106. The summed E-state index contributed by atoms with van der Waals surface area (Å²) in [5, 5.41) is 8.81. The average Bonchev–Trinajstić information content (AvgIpc) is 1.87. The largest absolute Gasteiger partial charge is 0.391 e. The Morgan fingerprint density at radius 1 is 1.36 bits per heavy atom. The molecule has 1 atom stereocenters. The van der Waals surface area contributed by atoms with Crippen molar-refractivity contribution in [3.05, 3.63) is 0 Å². The highest BCUT2D eigenvalue weighted by molar-refractivity contribution is 4.35. The first kappa shape index (κ1) is 10.9. The van der Waals surface area contributed by atoms with Crippen LogP contribution in [-0.4, -0.2) is 62.0 Å². The Kier molecular flexibility index (Phi) is 4.65. The Hall–Kier alpha value is -0.120. The lowest BCUT2D eigenvalue weighted by atomic mass is 10.4. The monoisotopic (exact) mass is 161 g/mol. The number of hydrogen-bond donors (Lipinski definition) is 1. The summed E-state index contributed by atoms with van der Waals surface area (Å²) in [6.07, 6.45) is 0. The molecule has 1 unspecified atom stereocenters. The second-order valence-electron chi connectivity index (χ2n) is 3.60. The molecule has 0 aromatic rings. The van der Waals surface area contributed by atoms with Gasteiger partial charge in [-0.3, -0.25) is 4.90 Å². The minimum atomic E-state index is 0.276. The molecule has 0 rings (SSSR count). The summed E-state index contributed by atoms with van der Waals surface area (Å²) in [4.78, 5) is 2.15. The Labute approximate surface area is 69.8 Å². The van der Waals surface area contributed by atoms with E-state index in [1.807, 2.05) is 0 Å². The van der Waals surface area contributed by atoms with E-state index in [1.165, 1.54) is 0 Å². The van der Waals surface area contributed by atoms with Gasteiger partial charge in [-0.15, -0.1) is 0 Å². The molecule has 0 aromatic heterocycles. The van der Waals surface area contributed by atoms with Gasteiger partial charge in [0.15, 0.2) is 0 Å². The first-order valence-electron chi connectivity index (χ1n) is 4.13. The fourth-order valence-electron chi connectivity index (χ4n) is 1.25. The van der Waals surface area contributed by atoms with Crippen LogP contribution in [0.5, 0.6) is 0 Å². The molecule has 0 aliphatic heterocycles. The van der Waals surface area contributed by atoms with Gasteiger partial charge in [0, 0.05) is 0 Å². The van der Waals surface area contributed by atoms with Gasteiger partial charge in [-0.2, -0.15) is 0 Å². The van der Waals surface area contributed by atoms with Crippen LogP contribution in [0.25, 0.3) is 0 Å². The summed E-state index contributed by atoms with van der Waals surface area (Å²) in [5.74, 6) is 0. The smallest absolute Gasteiger partial charge is 0.134 e. The maximum absolute atomic E-state index is 8.81. The molecule has 3 heteroatoms. The van der Waals surface area contributed by atoms with Gasteiger partial charge in [0.1, 0.15) is 13.2 Å². The van der Waals surface area contributed by atoms with Gasteiger partial charge < -0.3 is 9.59 Å². The zero-order chi connectivity index (χ0) is 8.91. The van der Waals surface area contributed by atoms with Crippen LogP contribution >= 0.6 is 0 Å². The number of hydrogen-bond acceptors (Lipinski definition) is 2.